The molecule has 84 valence electrons. The predicted molar refractivity (Wildman–Crippen MR) is 66.5 cm³/mol. The van der Waals surface area contributed by atoms with Crippen LogP contribution in [0.1, 0.15) is 18.4 Å². The Labute approximate surface area is 96.1 Å². The Kier molecular flexibility index (Phi) is 4.64. The molecule has 1 aliphatic heterocycles. The maximum atomic E-state index is 3.57. The zero-order valence-electron chi connectivity index (χ0n) is 9.17. The molecule has 3 heteroatoms. The summed E-state index contributed by atoms with van der Waals surface area (Å²) >= 11 is 1.79. The molecule has 1 fully saturated rings. The van der Waals surface area contributed by atoms with Crippen LogP contribution >= 0.6 is 11.3 Å². The fourth-order valence-electron chi connectivity index (χ4n) is 2.06. The third kappa shape index (κ3) is 3.93. The van der Waals surface area contributed by atoms with Gasteiger partial charge in [-0.25, -0.2) is 0 Å². The third-order valence-corrected chi connectivity index (χ3v) is 3.79. The summed E-state index contributed by atoms with van der Waals surface area (Å²) in [6, 6.07) is 2.22. The standard InChI is InChI=1S/C12H20N2S/c1-5-13-6-2-11(1)9-14-7-3-12-4-8-15-10-12/h4,8,10-11,13-14H,1-3,5-7,9H2. The summed E-state index contributed by atoms with van der Waals surface area (Å²) in [6.45, 7) is 4.74. The van der Waals surface area contributed by atoms with Crippen LogP contribution in [0.5, 0.6) is 0 Å². The molecular formula is C12H20N2S. The monoisotopic (exact) mass is 224 g/mol. The molecule has 0 saturated carbocycles. The van der Waals surface area contributed by atoms with Gasteiger partial charge in [-0.15, -0.1) is 0 Å². The molecule has 0 bridgehead atoms. The maximum Gasteiger partial charge on any atom is -0.000794 e. The number of hydrogen-bond donors (Lipinski definition) is 2. The molecule has 2 N–H and O–H groups in total. The minimum atomic E-state index is 0.897. The third-order valence-electron chi connectivity index (χ3n) is 3.06. The summed E-state index contributed by atoms with van der Waals surface area (Å²) in [5.41, 5.74) is 1.47. The van der Waals surface area contributed by atoms with Gasteiger partial charge in [0.2, 0.25) is 0 Å². The average Bonchev–Trinajstić information content (AvgIpc) is 2.79. The Morgan fingerprint density at radius 1 is 1.40 bits per heavy atom. The van der Waals surface area contributed by atoms with Crippen molar-refractivity contribution in [2.24, 2.45) is 5.92 Å². The zero-order valence-corrected chi connectivity index (χ0v) is 9.98. The molecule has 1 aliphatic rings. The highest BCUT2D eigenvalue weighted by atomic mass is 32.1. The van der Waals surface area contributed by atoms with Gasteiger partial charge in [0.15, 0.2) is 0 Å². The first-order valence-electron chi connectivity index (χ1n) is 5.87. The summed E-state index contributed by atoms with van der Waals surface area (Å²) in [5, 5.41) is 11.4. The van der Waals surface area contributed by atoms with Crippen LogP contribution in [0.25, 0.3) is 0 Å². The van der Waals surface area contributed by atoms with Crippen LogP contribution in [-0.2, 0) is 6.42 Å². The summed E-state index contributed by atoms with van der Waals surface area (Å²) in [5.74, 6) is 0.897. The first-order valence-corrected chi connectivity index (χ1v) is 6.82. The van der Waals surface area contributed by atoms with E-state index in [-0.39, 0.29) is 0 Å². The molecule has 0 aromatic carbocycles. The van der Waals surface area contributed by atoms with E-state index in [1.165, 1.54) is 44.5 Å². The van der Waals surface area contributed by atoms with Crippen molar-refractivity contribution in [3.63, 3.8) is 0 Å². The van der Waals surface area contributed by atoms with Crippen molar-refractivity contribution >= 4 is 11.3 Å². The van der Waals surface area contributed by atoms with Gasteiger partial charge in [-0.3, -0.25) is 0 Å². The highest BCUT2D eigenvalue weighted by Gasteiger charge is 2.11. The Morgan fingerprint density at radius 2 is 2.27 bits per heavy atom. The quantitative estimate of drug-likeness (QED) is 0.746. The van der Waals surface area contributed by atoms with E-state index in [9.17, 15) is 0 Å². The number of nitrogens with one attached hydrogen (secondary N) is 2. The summed E-state index contributed by atoms with van der Waals surface area (Å²) < 4.78 is 0. The van der Waals surface area contributed by atoms with E-state index in [2.05, 4.69) is 27.5 Å². The van der Waals surface area contributed by atoms with Crippen molar-refractivity contribution < 1.29 is 0 Å². The molecule has 0 spiro atoms. The molecule has 0 aliphatic carbocycles. The molecule has 2 nitrogen and oxygen atoms in total. The van der Waals surface area contributed by atoms with E-state index in [4.69, 9.17) is 0 Å². The Bertz CT molecular complexity index is 253. The summed E-state index contributed by atoms with van der Waals surface area (Å²) in [4.78, 5) is 0. The molecule has 15 heavy (non-hydrogen) atoms. The number of hydrogen-bond acceptors (Lipinski definition) is 3. The lowest BCUT2D eigenvalue weighted by atomic mass is 9.98. The van der Waals surface area contributed by atoms with E-state index in [1.54, 1.807) is 11.3 Å². The van der Waals surface area contributed by atoms with Gasteiger partial charge in [0.25, 0.3) is 0 Å². The van der Waals surface area contributed by atoms with Crippen LogP contribution < -0.4 is 10.6 Å². The Hall–Kier alpha value is -0.380. The van der Waals surface area contributed by atoms with Crippen molar-refractivity contribution in [3.05, 3.63) is 22.4 Å². The smallest absolute Gasteiger partial charge is 0.000794 e. The van der Waals surface area contributed by atoms with Crippen LogP contribution in [0.3, 0.4) is 0 Å². The fourth-order valence-corrected chi connectivity index (χ4v) is 2.76. The second kappa shape index (κ2) is 6.26. The first kappa shape index (κ1) is 11.1. The molecule has 0 radical (unpaired) electrons. The van der Waals surface area contributed by atoms with Crippen molar-refractivity contribution in [2.75, 3.05) is 26.2 Å². The number of piperidine rings is 1. The molecule has 1 aromatic heterocycles. The number of rotatable bonds is 5. The Morgan fingerprint density at radius 3 is 3.00 bits per heavy atom. The minimum Gasteiger partial charge on any atom is -0.317 e. The lowest BCUT2D eigenvalue weighted by molar-refractivity contribution is 0.358. The molecule has 0 atom stereocenters. The molecule has 0 unspecified atom stereocenters. The summed E-state index contributed by atoms with van der Waals surface area (Å²) in [6.07, 6.45) is 3.85. The normalized spacial score (nSPS) is 18.1. The van der Waals surface area contributed by atoms with Crippen LogP contribution in [0, 0.1) is 5.92 Å². The largest absolute Gasteiger partial charge is 0.317 e. The van der Waals surface area contributed by atoms with E-state index >= 15 is 0 Å². The van der Waals surface area contributed by atoms with Gasteiger partial charge >= 0.3 is 0 Å². The van der Waals surface area contributed by atoms with Crippen LogP contribution in [0.2, 0.25) is 0 Å². The lowest BCUT2D eigenvalue weighted by Crippen LogP contribution is -2.34. The topological polar surface area (TPSA) is 24.1 Å². The Balaban J connectivity index is 1.54. The van der Waals surface area contributed by atoms with E-state index in [0.717, 1.165) is 12.5 Å². The molecule has 1 saturated heterocycles. The molecule has 1 aromatic rings. The van der Waals surface area contributed by atoms with Crippen molar-refractivity contribution in [3.8, 4) is 0 Å². The van der Waals surface area contributed by atoms with Crippen LogP contribution in [0.15, 0.2) is 16.8 Å². The zero-order chi connectivity index (χ0) is 10.3. The number of thiophene rings is 1. The molecular weight excluding hydrogens is 204 g/mol. The van der Waals surface area contributed by atoms with Gasteiger partial charge in [0.05, 0.1) is 0 Å². The van der Waals surface area contributed by atoms with Crippen molar-refractivity contribution in [1.82, 2.24) is 10.6 Å². The highest BCUT2D eigenvalue weighted by molar-refractivity contribution is 7.07. The molecule has 0 amide bonds. The predicted octanol–water partition coefficient (Wildman–Crippen LogP) is 1.88. The van der Waals surface area contributed by atoms with Gasteiger partial charge in [-0.05, 0) is 73.7 Å². The van der Waals surface area contributed by atoms with E-state index in [1.807, 2.05) is 0 Å². The van der Waals surface area contributed by atoms with Gasteiger partial charge < -0.3 is 10.6 Å². The second-order valence-electron chi connectivity index (χ2n) is 4.28. The highest BCUT2D eigenvalue weighted by Crippen LogP contribution is 2.10. The average molecular weight is 224 g/mol. The van der Waals surface area contributed by atoms with Crippen LogP contribution in [-0.4, -0.2) is 26.2 Å². The first-order chi connectivity index (χ1) is 7.45. The van der Waals surface area contributed by atoms with Crippen molar-refractivity contribution in [1.29, 1.82) is 0 Å². The molecule has 2 heterocycles. The van der Waals surface area contributed by atoms with Crippen LogP contribution in [0.4, 0.5) is 0 Å². The van der Waals surface area contributed by atoms with E-state index < -0.39 is 0 Å². The van der Waals surface area contributed by atoms with Gasteiger partial charge in [-0.2, -0.15) is 11.3 Å². The fraction of sp³-hybridized carbons (Fsp3) is 0.667. The lowest BCUT2D eigenvalue weighted by Gasteiger charge is -2.22. The van der Waals surface area contributed by atoms with Crippen molar-refractivity contribution in [2.45, 2.75) is 19.3 Å². The SMILES string of the molecule is c1cc(CCNCC2CCNCC2)cs1. The maximum absolute atomic E-state index is 3.57. The van der Waals surface area contributed by atoms with Gasteiger partial charge in [-0.1, -0.05) is 0 Å². The minimum absolute atomic E-state index is 0.897. The summed E-state index contributed by atoms with van der Waals surface area (Å²) in [7, 11) is 0. The van der Waals surface area contributed by atoms with E-state index in [0.29, 0.717) is 0 Å². The van der Waals surface area contributed by atoms with Gasteiger partial charge in [0.1, 0.15) is 0 Å². The van der Waals surface area contributed by atoms with Gasteiger partial charge in [0, 0.05) is 0 Å². The molecule has 2 rings (SSSR count). The second-order valence-corrected chi connectivity index (χ2v) is 5.06.